The first-order chi connectivity index (χ1) is 29.0. The van der Waals surface area contributed by atoms with E-state index in [2.05, 4.69) is 243 Å². The van der Waals surface area contributed by atoms with Gasteiger partial charge in [-0.05, 0) is 121 Å². The molecule has 0 fully saturated rings. The Balaban J connectivity index is 1.04. The molecule has 9 aromatic carbocycles. The minimum Gasteiger partial charge on any atom is -0.311 e. The summed E-state index contributed by atoms with van der Waals surface area (Å²) < 4.78 is 0. The summed E-state index contributed by atoms with van der Waals surface area (Å²) in [6.07, 6.45) is 0.943. The van der Waals surface area contributed by atoms with Crippen LogP contribution >= 0.6 is 0 Å². The molecule has 9 aromatic rings. The number of nitrogens with zero attached hydrogens (tertiary/aromatic N) is 1. The van der Waals surface area contributed by atoms with Crippen LogP contribution in [-0.2, 0) is 11.8 Å². The summed E-state index contributed by atoms with van der Waals surface area (Å²) in [6, 6.07) is 81.8. The summed E-state index contributed by atoms with van der Waals surface area (Å²) in [5.41, 5.74) is 21.2. The van der Waals surface area contributed by atoms with Crippen molar-refractivity contribution in [2.24, 2.45) is 0 Å². The SMILES string of the molecule is CC1(C)c2ccccc2Cc2c(-c3ccc(N(c4ccc(-c5ccccc5-c5ccccc5)cc4)c4ccc(-c5ccccc5-c5ccccc5)cc4)cc3)cccc21. The molecule has 1 aliphatic rings. The molecule has 1 aliphatic carbocycles. The lowest BCUT2D eigenvalue weighted by Crippen LogP contribution is -2.27. The quantitative estimate of drug-likeness (QED) is 0.149. The van der Waals surface area contributed by atoms with E-state index in [9.17, 15) is 0 Å². The maximum Gasteiger partial charge on any atom is 0.0462 e. The van der Waals surface area contributed by atoms with Crippen molar-refractivity contribution >= 4 is 17.1 Å². The van der Waals surface area contributed by atoms with Crippen LogP contribution in [0.25, 0.3) is 55.6 Å². The van der Waals surface area contributed by atoms with Crippen molar-refractivity contribution in [3.63, 3.8) is 0 Å². The van der Waals surface area contributed by atoms with Crippen LogP contribution < -0.4 is 4.90 Å². The molecule has 0 spiro atoms. The van der Waals surface area contributed by atoms with Crippen molar-refractivity contribution in [2.75, 3.05) is 4.90 Å². The summed E-state index contributed by atoms with van der Waals surface area (Å²) in [4.78, 5) is 2.38. The molecule has 0 aromatic heterocycles. The Morgan fingerprint density at radius 2 is 0.644 bits per heavy atom. The normalized spacial score (nSPS) is 12.6. The molecular formula is C58H45N. The standard InChI is InChI=1S/C58H45N/c1-58(2)56-26-14-9-20-46(56)40-55-54(25-15-27-57(55)58)45-32-38-49(39-33-45)59(47-34-28-43(29-35-47)52-23-12-10-21-50(52)41-16-5-3-6-17-41)48-36-30-44(31-37-48)53-24-13-11-22-51(53)42-18-7-4-8-19-42/h3-39H,40H2,1-2H3. The second-order valence-corrected chi connectivity index (χ2v) is 16.1. The third kappa shape index (κ3) is 6.75. The van der Waals surface area contributed by atoms with E-state index in [0.717, 1.165) is 23.5 Å². The highest BCUT2D eigenvalue weighted by Gasteiger charge is 2.33. The van der Waals surface area contributed by atoms with Gasteiger partial charge in [0.2, 0.25) is 0 Å². The third-order valence-electron chi connectivity index (χ3n) is 12.2. The van der Waals surface area contributed by atoms with Crippen LogP contribution in [0, 0.1) is 0 Å². The Morgan fingerprint density at radius 3 is 1.10 bits per heavy atom. The summed E-state index contributed by atoms with van der Waals surface area (Å²) in [5.74, 6) is 0. The lowest BCUT2D eigenvalue weighted by Gasteiger charge is -2.36. The summed E-state index contributed by atoms with van der Waals surface area (Å²) in [5, 5.41) is 0. The van der Waals surface area contributed by atoms with Gasteiger partial charge in [0.1, 0.15) is 0 Å². The molecule has 10 rings (SSSR count). The van der Waals surface area contributed by atoms with Gasteiger partial charge in [-0.2, -0.15) is 0 Å². The van der Waals surface area contributed by atoms with Gasteiger partial charge in [0, 0.05) is 22.5 Å². The fourth-order valence-electron chi connectivity index (χ4n) is 9.28. The fraction of sp³-hybridized carbons (Fsp3) is 0.0690. The largest absolute Gasteiger partial charge is 0.311 e. The van der Waals surface area contributed by atoms with Gasteiger partial charge >= 0.3 is 0 Å². The first-order valence-corrected chi connectivity index (χ1v) is 20.6. The second kappa shape index (κ2) is 15.3. The third-order valence-corrected chi connectivity index (χ3v) is 12.2. The number of rotatable bonds is 8. The minimum absolute atomic E-state index is 0.0571. The molecule has 59 heavy (non-hydrogen) atoms. The van der Waals surface area contributed by atoms with E-state index in [0.29, 0.717) is 0 Å². The number of benzene rings is 9. The monoisotopic (exact) mass is 755 g/mol. The number of anilines is 3. The lowest BCUT2D eigenvalue weighted by molar-refractivity contribution is 0.611. The van der Waals surface area contributed by atoms with Crippen molar-refractivity contribution in [1.82, 2.24) is 0 Å². The van der Waals surface area contributed by atoms with Crippen molar-refractivity contribution < 1.29 is 0 Å². The molecule has 0 aliphatic heterocycles. The van der Waals surface area contributed by atoms with E-state index in [1.165, 1.54) is 77.9 Å². The Morgan fingerprint density at radius 1 is 0.305 bits per heavy atom. The van der Waals surface area contributed by atoms with Crippen LogP contribution in [0.2, 0.25) is 0 Å². The van der Waals surface area contributed by atoms with Crippen molar-refractivity contribution in [3.05, 3.63) is 247 Å². The molecule has 0 atom stereocenters. The van der Waals surface area contributed by atoms with E-state index in [4.69, 9.17) is 0 Å². The zero-order chi connectivity index (χ0) is 39.8. The first-order valence-electron chi connectivity index (χ1n) is 20.6. The van der Waals surface area contributed by atoms with Crippen molar-refractivity contribution in [2.45, 2.75) is 25.7 Å². The molecule has 0 bridgehead atoms. The maximum atomic E-state index is 2.38. The lowest BCUT2D eigenvalue weighted by atomic mass is 9.67. The highest BCUT2D eigenvalue weighted by molar-refractivity contribution is 5.88. The Kier molecular flexibility index (Phi) is 9.35. The molecule has 0 saturated carbocycles. The number of hydrogen-bond donors (Lipinski definition) is 0. The van der Waals surface area contributed by atoms with Gasteiger partial charge < -0.3 is 4.90 Å². The van der Waals surface area contributed by atoms with Crippen molar-refractivity contribution in [3.8, 4) is 55.6 Å². The van der Waals surface area contributed by atoms with Gasteiger partial charge in [0.05, 0.1) is 0 Å². The summed E-state index contributed by atoms with van der Waals surface area (Å²) in [6.45, 7) is 4.73. The van der Waals surface area contributed by atoms with Crippen LogP contribution in [0.5, 0.6) is 0 Å². The Labute approximate surface area is 348 Å². The van der Waals surface area contributed by atoms with Gasteiger partial charge in [0.15, 0.2) is 0 Å². The average molecular weight is 756 g/mol. The van der Waals surface area contributed by atoms with E-state index in [-0.39, 0.29) is 5.41 Å². The van der Waals surface area contributed by atoms with Crippen LogP contribution in [0.4, 0.5) is 17.1 Å². The van der Waals surface area contributed by atoms with Gasteiger partial charge in [-0.3, -0.25) is 0 Å². The molecule has 0 heterocycles. The van der Waals surface area contributed by atoms with Gasteiger partial charge in [-0.25, -0.2) is 0 Å². The van der Waals surface area contributed by atoms with Crippen molar-refractivity contribution in [1.29, 1.82) is 0 Å². The van der Waals surface area contributed by atoms with E-state index < -0.39 is 0 Å². The molecule has 1 nitrogen and oxygen atoms in total. The van der Waals surface area contributed by atoms with Crippen LogP contribution in [0.15, 0.2) is 224 Å². The molecule has 0 N–H and O–H groups in total. The first kappa shape index (κ1) is 36.1. The fourth-order valence-corrected chi connectivity index (χ4v) is 9.28. The van der Waals surface area contributed by atoms with Gasteiger partial charge in [0.25, 0.3) is 0 Å². The Bertz CT molecular complexity index is 2760. The average Bonchev–Trinajstić information content (AvgIpc) is 3.30. The number of fused-ring (bicyclic) bond motifs is 2. The predicted molar refractivity (Wildman–Crippen MR) is 250 cm³/mol. The smallest absolute Gasteiger partial charge is 0.0462 e. The van der Waals surface area contributed by atoms with E-state index >= 15 is 0 Å². The van der Waals surface area contributed by atoms with E-state index in [1.807, 2.05) is 0 Å². The zero-order valence-electron chi connectivity index (χ0n) is 33.5. The van der Waals surface area contributed by atoms with Crippen LogP contribution in [-0.4, -0.2) is 0 Å². The molecule has 0 unspecified atom stereocenters. The highest BCUT2D eigenvalue weighted by Crippen LogP contribution is 2.45. The van der Waals surface area contributed by atoms with Gasteiger partial charge in [-0.15, -0.1) is 0 Å². The van der Waals surface area contributed by atoms with Crippen LogP contribution in [0.3, 0.4) is 0 Å². The molecule has 0 radical (unpaired) electrons. The number of hydrogen-bond acceptors (Lipinski definition) is 1. The molecule has 0 saturated heterocycles. The Hall–Kier alpha value is -7.22. The molecule has 282 valence electrons. The molecular weight excluding hydrogens is 711 g/mol. The maximum absolute atomic E-state index is 2.38. The molecule has 0 amide bonds. The van der Waals surface area contributed by atoms with E-state index in [1.54, 1.807) is 0 Å². The summed E-state index contributed by atoms with van der Waals surface area (Å²) >= 11 is 0. The summed E-state index contributed by atoms with van der Waals surface area (Å²) in [7, 11) is 0. The highest BCUT2D eigenvalue weighted by atomic mass is 15.1. The second-order valence-electron chi connectivity index (χ2n) is 16.1. The molecule has 1 heteroatoms. The topological polar surface area (TPSA) is 3.24 Å². The van der Waals surface area contributed by atoms with Gasteiger partial charge in [-0.1, -0.05) is 202 Å². The predicted octanol–water partition coefficient (Wildman–Crippen LogP) is 15.7. The minimum atomic E-state index is -0.0571. The van der Waals surface area contributed by atoms with Crippen LogP contribution in [0.1, 0.15) is 36.1 Å². The zero-order valence-corrected chi connectivity index (χ0v) is 33.5.